The molecule has 2 atom stereocenters. The summed E-state index contributed by atoms with van der Waals surface area (Å²) in [4.78, 5) is 11.5. The Balaban J connectivity index is 2.14. The minimum absolute atomic E-state index is 0.0382. The third-order valence-corrected chi connectivity index (χ3v) is 5.33. The van der Waals surface area contributed by atoms with Gasteiger partial charge in [-0.3, -0.25) is 4.28 Å². The predicted octanol–water partition coefficient (Wildman–Crippen LogP) is 1.78. The van der Waals surface area contributed by atoms with E-state index in [-0.39, 0.29) is 21.3 Å². The van der Waals surface area contributed by atoms with Crippen molar-refractivity contribution in [2.24, 2.45) is 5.16 Å². The zero-order chi connectivity index (χ0) is 16.3. The van der Waals surface area contributed by atoms with E-state index < -0.39 is 16.1 Å². The Labute approximate surface area is 132 Å². The molecule has 1 aromatic rings. The van der Waals surface area contributed by atoms with Gasteiger partial charge in [-0.1, -0.05) is 16.9 Å². The van der Waals surface area contributed by atoms with E-state index in [1.807, 2.05) is 6.92 Å². The first-order chi connectivity index (χ1) is 10.3. The van der Waals surface area contributed by atoms with Crippen molar-refractivity contribution in [1.82, 2.24) is 0 Å². The maximum absolute atomic E-state index is 12.0. The monoisotopic (exact) mass is 345 g/mol. The molecule has 0 radical (unpaired) electrons. The van der Waals surface area contributed by atoms with Crippen LogP contribution in [0.15, 0.2) is 34.3 Å². The van der Waals surface area contributed by atoms with Gasteiger partial charge in [-0.15, -0.1) is 0 Å². The zero-order valence-electron chi connectivity index (χ0n) is 12.2. The second kappa shape index (κ2) is 6.57. The van der Waals surface area contributed by atoms with Gasteiger partial charge < -0.3 is 9.47 Å². The second-order valence-corrected chi connectivity index (χ2v) is 7.43. The number of oxime groups is 1. The predicted molar refractivity (Wildman–Crippen MR) is 81.3 cm³/mol. The number of hydrogen-bond acceptors (Lipinski definition) is 8. The SMILES string of the molecule is COc1ccc(S(=O)(=O)O/N=C2\SC(C)C(C)OC2=O)cc1. The molecule has 0 bridgehead atoms. The summed E-state index contributed by atoms with van der Waals surface area (Å²) in [5, 5.41) is 3.26. The molecule has 7 nitrogen and oxygen atoms in total. The number of rotatable bonds is 4. The number of methoxy groups -OCH3 is 1. The minimum atomic E-state index is -4.10. The van der Waals surface area contributed by atoms with E-state index >= 15 is 0 Å². The van der Waals surface area contributed by atoms with Gasteiger partial charge in [0, 0.05) is 5.25 Å². The molecule has 2 unspecified atom stereocenters. The summed E-state index contributed by atoms with van der Waals surface area (Å²) >= 11 is 1.11. The molecule has 1 aliphatic heterocycles. The molecule has 0 N–H and O–H groups in total. The van der Waals surface area contributed by atoms with Crippen molar-refractivity contribution in [3.05, 3.63) is 24.3 Å². The van der Waals surface area contributed by atoms with E-state index in [9.17, 15) is 13.2 Å². The molecule has 9 heteroatoms. The van der Waals surface area contributed by atoms with Crippen LogP contribution < -0.4 is 4.74 Å². The fraction of sp³-hybridized carbons (Fsp3) is 0.385. The lowest BCUT2D eigenvalue weighted by molar-refractivity contribution is -0.140. The summed E-state index contributed by atoms with van der Waals surface area (Å²) in [6, 6.07) is 5.62. The van der Waals surface area contributed by atoms with Gasteiger partial charge >= 0.3 is 16.1 Å². The van der Waals surface area contributed by atoms with Crippen LogP contribution in [0.3, 0.4) is 0 Å². The van der Waals surface area contributed by atoms with E-state index in [4.69, 9.17) is 9.47 Å². The molecule has 0 amide bonds. The average Bonchev–Trinajstić information content (AvgIpc) is 2.49. The molecule has 1 fully saturated rings. The lowest BCUT2D eigenvalue weighted by Crippen LogP contribution is -2.34. The fourth-order valence-electron chi connectivity index (χ4n) is 1.56. The number of carbonyl (C=O) groups is 1. The van der Waals surface area contributed by atoms with Crippen LogP contribution in [-0.4, -0.2) is 37.9 Å². The lowest BCUT2D eigenvalue weighted by Gasteiger charge is -2.24. The van der Waals surface area contributed by atoms with Crippen molar-refractivity contribution >= 4 is 32.9 Å². The Bertz CT molecular complexity index is 683. The van der Waals surface area contributed by atoms with E-state index in [0.29, 0.717) is 5.75 Å². The van der Waals surface area contributed by atoms with Crippen molar-refractivity contribution < 1.29 is 27.0 Å². The van der Waals surface area contributed by atoms with Gasteiger partial charge in [0.2, 0.25) is 5.04 Å². The van der Waals surface area contributed by atoms with Gasteiger partial charge in [-0.2, -0.15) is 8.42 Å². The highest BCUT2D eigenvalue weighted by Crippen LogP contribution is 2.26. The quantitative estimate of drug-likeness (QED) is 0.607. The van der Waals surface area contributed by atoms with Crippen LogP contribution >= 0.6 is 11.8 Å². The van der Waals surface area contributed by atoms with Crippen molar-refractivity contribution in [2.75, 3.05) is 7.11 Å². The Morgan fingerprint density at radius 2 is 1.86 bits per heavy atom. The largest absolute Gasteiger partial charge is 0.497 e. The zero-order valence-corrected chi connectivity index (χ0v) is 13.8. The highest BCUT2D eigenvalue weighted by molar-refractivity contribution is 8.16. The number of thioether (sulfide) groups is 1. The topological polar surface area (TPSA) is 91.3 Å². The van der Waals surface area contributed by atoms with E-state index in [1.165, 1.54) is 31.4 Å². The molecule has 22 heavy (non-hydrogen) atoms. The van der Waals surface area contributed by atoms with Crippen LogP contribution in [0, 0.1) is 0 Å². The smallest absolute Gasteiger partial charge is 0.367 e. The number of carbonyl (C=O) groups excluding carboxylic acids is 1. The standard InChI is InChI=1S/C13H15NO6S2/c1-8-9(2)21-12(13(15)19-8)14-20-22(16,17)11-6-4-10(18-3)5-7-11/h4-9H,1-3H3/b14-12-. The molecule has 1 heterocycles. The summed E-state index contributed by atoms with van der Waals surface area (Å²) in [5.74, 6) is -0.181. The van der Waals surface area contributed by atoms with Crippen LogP contribution in [0.5, 0.6) is 5.75 Å². The summed E-state index contributed by atoms with van der Waals surface area (Å²) in [6.45, 7) is 3.59. The molecular formula is C13H15NO6S2. The van der Waals surface area contributed by atoms with Gasteiger partial charge in [0.15, 0.2) is 0 Å². The third-order valence-electron chi connectivity index (χ3n) is 2.99. The van der Waals surface area contributed by atoms with Gasteiger partial charge in [0.1, 0.15) is 16.7 Å². The van der Waals surface area contributed by atoms with Crippen molar-refractivity contribution in [2.45, 2.75) is 30.1 Å². The highest BCUT2D eigenvalue weighted by atomic mass is 32.2. The average molecular weight is 345 g/mol. The first-order valence-corrected chi connectivity index (χ1v) is 8.65. The number of esters is 1. The van der Waals surface area contributed by atoms with Crippen LogP contribution in [0.25, 0.3) is 0 Å². The van der Waals surface area contributed by atoms with E-state index in [0.717, 1.165) is 11.8 Å². The number of ether oxygens (including phenoxy) is 2. The first kappa shape index (κ1) is 16.6. The molecule has 0 aromatic heterocycles. The van der Waals surface area contributed by atoms with Gasteiger partial charge in [0.05, 0.1) is 7.11 Å². The van der Waals surface area contributed by atoms with Crippen LogP contribution in [0.4, 0.5) is 0 Å². The van der Waals surface area contributed by atoms with Crippen molar-refractivity contribution in [1.29, 1.82) is 0 Å². The number of nitrogens with zero attached hydrogens (tertiary/aromatic N) is 1. The van der Waals surface area contributed by atoms with E-state index in [2.05, 4.69) is 9.44 Å². The molecular weight excluding hydrogens is 330 g/mol. The maximum Gasteiger partial charge on any atom is 0.367 e. The third kappa shape index (κ3) is 3.72. The Morgan fingerprint density at radius 3 is 2.45 bits per heavy atom. The van der Waals surface area contributed by atoms with E-state index in [1.54, 1.807) is 6.92 Å². The molecule has 2 rings (SSSR count). The first-order valence-electron chi connectivity index (χ1n) is 6.37. The number of hydrogen-bond donors (Lipinski definition) is 0. The molecule has 0 aliphatic carbocycles. The summed E-state index contributed by atoms with van der Waals surface area (Å²) in [7, 11) is -2.63. The minimum Gasteiger partial charge on any atom is -0.497 e. The summed E-state index contributed by atoms with van der Waals surface area (Å²) in [6.07, 6.45) is -0.269. The molecule has 1 aliphatic rings. The number of benzene rings is 1. The fourth-order valence-corrected chi connectivity index (χ4v) is 3.16. The van der Waals surface area contributed by atoms with Crippen molar-refractivity contribution in [3.8, 4) is 5.75 Å². The number of cyclic esters (lactones) is 1. The van der Waals surface area contributed by atoms with Gasteiger partial charge in [0.25, 0.3) is 0 Å². The van der Waals surface area contributed by atoms with Gasteiger partial charge in [-0.25, -0.2) is 4.79 Å². The van der Waals surface area contributed by atoms with Crippen LogP contribution in [-0.2, 0) is 23.9 Å². The normalized spacial score (nSPS) is 24.0. The second-order valence-electron chi connectivity index (χ2n) is 4.53. The van der Waals surface area contributed by atoms with Gasteiger partial charge in [-0.05, 0) is 38.1 Å². The summed E-state index contributed by atoms with van der Waals surface area (Å²) < 4.78 is 38.5. The maximum atomic E-state index is 12.0. The molecule has 1 aromatic carbocycles. The summed E-state index contributed by atoms with van der Waals surface area (Å²) in [5.41, 5.74) is 0. The molecule has 1 saturated heterocycles. The Kier molecular flexibility index (Phi) is 4.97. The van der Waals surface area contributed by atoms with Crippen LogP contribution in [0.2, 0.25) is 0 Å². The van der Waals surface area contributed by atoms with Crippen molar-refractivity contribution in [3.63, 3.8) is 0 Å². The molecule has 120 valence electrons. The Morgan fingerprint density at radius 1 is 1.23 bits per heavy atom. The molecule has 0 saturated carbocycles. The molecule has 0 spiro atoms. The van der Waals surface area contributed by atoms with Crippen LogP contribution in [0.1, 0.15) is 13.8 Å². The Hall–Kier alpha value is -1.74. The lowest BCUT2D eigenvalue weighted by atomic mass is 10.3. The highest BCUT2D eigenvalue weighted by Gasteiger charge is 2.31.